The van der Waals surface area contributed by atoms with Crippen molar-refractivity contribution in [2.45, 2.75) is 6.42 Å². The van der Waals surface area contributed by atoms with E-state index in [-0.39, 0.29) is 12.2 Å². The smallest absolute Gasteiger partial charge is 0.193 e. The van der Waals surface area contributed by atoms with Crippen LogP contribution in [0.15, 0.2) is 30.3 Å². The summed E-state index contributed by atoms with van der Waals surface area (Å²) in [5.74, 6) is 1.60. The van der Waals surface area contributed by atoms with E-state index in [1.165, 1.54) is 28.4 Å². The molecule has 0 saturated carbocycles. The minimum atomic E-state index is -0.251. The highest BCUT2D eigenvalue weighted by molar-refractivity contribution is 6.11. The van der Waals surface area contributed by atoms with E-state index < -0.39 is 0 Å². The van der Waals surface area contributed by atoms with Gasteiger partial charge in [0.2, 0.25) is 0 Å². The molecule has 0 atom stereocenters. The van der Waals surface area contributed by atoms with E-state index in [2.05, 4.69) is 0 Å². The van der Waals surface area contributed by atoms with Gasteiger partial charge in [0.25, 0.3) is 0 Å². The SMILES string of the molecule is COc1ccc(C(=O)c2cc(OC)c(OC)cc2CC=O)cc1OC. The Morgan fingerprint density at radius 3 is 1.96 bits per heavy atom. The topological polar surface area (TPSA) is 71.1 Å². The molecular formula is C19H20O6. The van der Waals surface area contributed by atoms with Crippen molar-refractivity contribution in [1.82, 2.24) is 0 Å². The number of rotatable bonds is 8. The fraction of sp³-hybridized carbons (Fsp3) is 0.263. The van der Waals surface area contributed by atoms with Gasteiger partial charge in [0, 0.05) is 17.5 Å². The number of carbonyl (C=O) groups is 2. The van der Waals surface area contributed by atoms with Crippen molar-refractivity contribution in [1.29, 1.82) is 0 Å². The standard InChI is InChI=1S/C19H20O6/c1-22-15-6-5-13(10-16(15)23-2)19(21)14-11-18(25-4)17(24-3)9-12(14)7-8-20/h5-6,8-11H,7H2,1-4H3. The molecule has 2 aromatic rings. The maximum absolute atomic E-state index is 13.0. The molecule has 2 rings (SSSR count). The summed E-state index contributed by atoms with van der Waals surface area (Å²) in [5.41, 5.74) is 1.35. The Hall–Kier alpha value is -3.02. The van der Waals surface area contributed by atoms with Crippen LogP contribution in [0.5, 0.6) is 23.0 Å². The van der Waals surface area contributed by atoms with Crippen molar-refractivity contribution in [3.63, 3.8) is 0 Å². The van der Waals surface area contributed by atoms with Gasteiger partial charge >= 0.3 is 0 Å². The average molecular weight is 344 g/mol. The van der Waals surface area contributed by atoms with Gasteiger partial charge in [-0.15, -0.1) is 0 Å². The molecule has 25 heavy (non-hydrogen) atoms. The van der Waals surface area contributed by atoms with Crippen LogP contribution in [-0.4, -0.2) is 40.5 Å². The quantitative estimate of drug-likeness (QED) is 0.542. The van der Waals surface area contributed by atoms with E-state index in [1.807, 2.05) is 0 Å². The molecule has 0 unspecified atom stereocenters. The van der Waals surface area contributed by atoms with Crippen molar-refractivity contribution in [2.24, 2.45) is 0 Å². The number of carbonyl (C=O) groups excluding carboxylic acids is 2. The molecule has 6 nitrogen and oxygen atoms in total. The minimum Gasteiger partial charge on any atom is -0.493 e. The molecule has 6 heteroatoms. The van der Waals surface area contributed by atoms with E-state index >= 15 is 0 Å². The minimum absolute atomic E-state index is 0.0920. The summed E-state index contributed by atoms with van der Waals surface area (Å²) in [7, 11) is 6.01. The molecule has 0 heterocycles. The number of benzene rings is 2. The predicted molar refractivity (Wildman–Crippen MR) is 92.3 cm³/mol. The summed E-state index contributed by atoms with van der Waals surface area (Å²) >= 11 is 0. The molecule has 0 aliphatic rings. The molecule has 0 aliphatic carbocycles. The molecule has 0 spiro atoms. The normalized spacial score (nSPS) is 10.1. The molecule has 0 fully saturated rings. The van der Waals surface area contributed by atoms with Gasteiger partial charge in [-0.25, -0.2) is 0 Å². The summed E-state index contributed by atoms with van der Waals surface area (Å²) in [6, 6.07) is 8.12. The third kappa shape index (κ3) is 3.74. The van der Waals surface area contributed by atoms with E-state index in [1.54, 1.807) is 30.3 Å². The van der Waals surface area contributed by atoms with E-state index in [0.717, 1.165) is 6.29 Å². The maximum Gasteiger partial charge on any atom is 0.193 e. The summed E-state index contributed by atoms with van der Waals surface area (Å²) in [6.45, 7) is 0. The first-order chi connectivity index (χ1) is 12.1. The fourth-order valence-electron chi connectivity index (χ4n) is 2.52. The lowest BCUT2D eigenvalue weighted by atomic mass is 9.96. The van der Waals surface area contributed by atoms with Crippen LogP contribution in [0.2, 0.25) is 0 Å². The number of hydrogen-bond acceptors (Lipinski definition) is 6. The number of hydrogen-bond donors (Lipinski definition) is 0. The van der Waals surface area contributed by atoms with Crippen LogP contribution in [-0.2, 0) is 11.2 Å². The van der Waals surface area contributed by atoms with Crippen LogP contribution in [0.4, 0.5) is 0 Å². The van der Waals surface area contributed by atoms with Crippen LogP contribution in [0, 0.1) is 0 Å². The number of ketones is 1. The van der Waals surface area contributed by atoms with E-state index in [0.29, 0.717) is 39.7 Å². The molecule has 0 aliphatic heterocycles. The Bertz CT molecular complexity index is 782. The van der Waals surface area contributed by atoms with Gasteiger partial charge in [0.15, 0.2) is 28.8 Å². The van der Waals surface area contributed by atoms with Gasteiger partial charge in [-0.3, -0.25) is 4.79 Å². The number of aldehydes is 1. The summed E-state index contributed by atoms with van der Waals surface area (Å²) in [4.78, 5) is 24.0. The number of ether oxygens (including phenoxy) is 4. The van der Waals surface area contributed by atoms with Crippen molar-refractivity contribution < 1.29 is 28.5 Å². The largest absolute Gasteiger partial charge is 0.493 e. The van der Waals surface area contributed by atoms with Gasteiger partial charge in [0.05, 0.1) is 28.4 Å². The monoisotopic (exact) mass is 344 g/mol. The molecule has 0 N–H and O–H groups in total. The van der Waals surface area contributed by atoms with Crippen LogP contribution < -0.4 is 18.9 Å². The molecule has 0 saturated heterocycles. The van der Waals surface area contributed by atoms with Gasteiger partial charge in [-0.2, -0.15) is 0 Å². The Labute approximate surface area is 146 Å². The lowest BCUT2D eigenvalue weighted by molar-refractivity contribution is -0.107. The zero-order valence-corrected chi connectivity index (χ0v) is 14.6. The van der Waals surface area contributed by atoms with Crippen LogP contribution in [0.1, 0.15) is 21.5 Å². The maximum atomic E-state index is 13.0. The lowest BCUT2D eigenvalue weighted by Gasteiger charge is -2.14. The highest BCUT2D eigenvalue weighted by Gasteiger charge is 2.19. The van der Waals surface area contributed by atoms with E-state index in [9.17, 15) is 9.59 Å². The van der Waals surface area contributed by atoms with Crippen molar-refractivity contribution in [3.05, 3.63) is 47.0 Å². The second-order valence-corrected chi connectivity index (χ2v) is 5.13. The molecule has 2 aromatic carbocycles. The average Bonchev–Trinajstić information content (AvgIpc) is 2.66. The Balaban J connectivity index is 2.55. The highest BCUT2D eigenvalue weighted by atomic mass is 16.5. The third-order valence-corrected chi connectivity index (χ3v) is 3.80. The van der Waals surface area contributed by atoms with Crippen molar-refractivity contribution in [3.8, 4) is 23.0 Å². The predicted octanol–water partition coefficient (Wildman–Crippen LogP) is 2.69. The fourth-order valence-corrected chi connectivity index (χ4v) is 2.52. The van der Waals surface area contributed by atoms with Crippen molar-refractivity contribution in [2.75, 3.05) is 28.4 Å². The van der Waals surface area contributed by atoms with Gasteiger partial charge < -0.3 is 23.7 Å². The molecule has 0 aromatic heterocycles. The third-order valence-electron chi connectivity index (χ3n) is 3.80. The summed E-state index contributed by atoms with van der Waals surface area (Å²) in [6.07, 6.45) is 0.835. The Morgan fingerprint density at radius 2 is 1.40 bits per heavy atom. The van der Waals surface area contributed by atoms with Gasteiger partial charge in [-0.05, 0) is 35.9 Å². The summed E-state index contributed by atoms with van der Waals surface area (Å²) in [5, 5.41) is 0. The van der Waals surface area contributed by atoms with Crippen LogP contribution >= 0.6 is 0 Å². The van der Waals surface area contributed by atoms with Crippen LogP contribution in [0.25, 0.3) is 0 Å². The first-order valence-corrected chi connectivity index (χ1v) is 7.54. The molecular weight excluding hydrogens is 324 g/mol. The molecule has 132 valence electrons. The Kier molecular flexibility index (Phi) is 6.00. The zero-order valence-electron chi connectivity index (χ0n) is 14.6. The second kappa shape index (κ2) is 8.19. The van der Waals surface area contributed by atoms with E-state index in [4.69, 9.17) is 18.9 Å². The highest BCUT2D eigenvalue weighted by Crippen LogP contribution is 2.33. The Morgan fingerprint density at radius 1 is 0.840 bits per heavy atom. The second-order valence-electron chi connectivity index (χ2n) is 5.13. The van der Waals surface area contributed by atoms with Crippen LogP contribution in [0.3, 0.4) is 0 Å². The van der Waals surface area contributed by atoms with Gasteiger partial charge in [-0.1, -0.05) is 0 Å². The molecule has 0 bridgehead atoms. The first kappa shape index (κ1) is 18.3. The van der Waals surface area contributed by atoms with Gasteiger partial charge in [0.1, 0.15) is 6.29 Å². The number of methoxy groups -OCH3 is 4. The first-order valence-electron chi connectivity index (χ1n) is 7.54. The lowest BCUT2D eigenvalue weighted by Crippen LogP contribution is -2.08. The zero-order chi connectivity index (χ0) is 18.4. The summed E-state index contributed by atoms with van der Waals surface area (Å²) < 4.78 is 20.9. The molecule has 0 radical (unpaired) electrons. The van der Waals surface area contributed by atoms with Crippen molar-refractivity contribution >= 4 is 12.1 Å². The molecule has 0 amide bonds.